The van der Waals surface area contributed by atoms with E-state index in [4.69, 9.17) is 0 Å². The number of rotatable bonds is 1. The van der Waals surface area contributed by atoms with Gasteiger partial charge in [-0.3, -0.25) is 9.69 Å². The number of carbonyl (C=O) groups excluding carboxylic acids is 1. The summed E-state index contributed by atoms with van der Waals surface area (Å²) in [5.74, 6) is -0.00864. The van der Waals surface area contributed by atoms with Gasteiger partial charge in [0.1, 0.15) is 6.17 Å². The van der Waals surface area contributed by atoms with Gasteiger partial charge < -0.3 is 4.90 Å². The second kappa shape index (κ2) is 3.25. The van der Waals surface area contributed by atoms with Crippen LogP contribution in [0.3, 0.4) is 0 Å². The van der Waals surface area contributed by atoms with Gasteiger partial charge in [0.2, 0.25) is 5.91 Å². The second-order valence-corrected chi connectivity index (χ2v) is 3.90. The summed E-state index contributed by atoms with van der Waals surface area (Å²) in [5, 5.41) is 0. The molecule has 2 rings (SSSR count). The Bertz CT molecular complexity index is 218. The van der Waals surface area contributed by atoms with Gasteiger partial charge in [-0.2, -0.15) is 0 Å². The molecule has 2 unspecified atom stereocenters. The van der Waals surface area contributed by atoms with Gasteiger partial charge in [0.05, 0.1) is 12.6 Å². The van der Waals surface area contributed by atoms with Gasteiger partial charge in [-0.15, -0.1) is 0 Å². The van der Waals surface area contributed by atoms with Crippen LogP contribution in [-0.2, 0) is 4.79 Å². The number of hydrogen-bond acceptors (Lipinski definition) is 2. The van der Waals surface area contributed by atoms with Gasteiger partial charge >= 0.3 is 0 Å². The lowest BCUT2D eigenvalue weighted by Gasteiger charge is -2.36. The van der Waals surface area contributed by atoms with Crippen molar-refractivity contribution in [3.05, 3.63) is 0 Å². The minimum absolute atomic E-state index is 0.00864. The van der Waals surface area contributed by atoms with E-state index in [9.17, 15) is 9.18 Å². The average Bonchev–Trinajstić information content (AvgIpc) is 2.29. The van der Waals surface area contributed by atoms with E-state index in [1.165, 1.54) is 13.3 Å². The van der Waals surface area contributed by atoms with Crippen LogP contribution in [0.4, 0.5) is 4.39 Å². The van der Waals surface area contributed by atoms with Crippen molar-refractivity contribution in [2.75, 3.05) is 26.2 Å². The van der Waals surface area contributed by atoms with E-state index in [2.05, 4.69) is 4.90 Å². The monoisotopic (exact) mass is 186 g/mol. The molecule has 74 valence electrons. The Labute approximate surface area is 77.5 Å². The summed E-state index contributed by atoms with van der Waals surface area (Å²) in [7, 11) is 0. The molecule has 2 saturated heterocycles. The fraction of sp³-hybridized carbons (Fsp3) is 0.889. The Morgan fingerprint density at radius 3 is 2.46 bits per heavy atom. The van der Waals surface area contributed by atoms with E-state index in [-0.39, 0.29) is 18.5 Å². The Morgan fingerprint density at radius 1 is 1.38 bits per heavy atom. The first kappa shape index (κ1) is 8.94. The first-order chi connectivity index (χ1) is 6.18. The Kier molecular flexibility index (Phi) is 2.24. The summed E-state index contributed by atoms with van der Waals surface area (Å²) in [5.41, 5.74) is 0. The SMILES string of the molecule is CC(=O)N1CC(F)C(N2CCC2)C1. The summed E-state index contributed by atoms with van der Waals surface area (Å²) in [6.45, 7) is 4.37. The third-order valence-electron chi connectivity index (χ3n) is 3.02. The quantitative estimate of drug-likeness (QED) is 0.586. The summed E-state index contributed by atoms with van der Waals surface area (Å²) >= 11 is 0. The van der Waals surface area contributed by atoms with E-state index < -0.39 is 6.17 Å². The maximum absolute atomic E-state index is 13.4. The van der Waals surface area contributed by atoms with E-state index in [0.29, 0.717) is 6.54 Å². The molecule has 2 atom stereocenters. The molecule has 2 aliphatic rings. The molecule has 0 radical (unpaired) electrons. The summed E-state index contributed by atoms with van der Waals surface area (Å²) < 4.78 is 13.4. The number of amides is 1. The van der Waals surface area contributed by atoms with Gasteiger partial charge in [-0.1, -0.05) is 0 Å². The van der Waals surface area contributed by atoms with Gasteiger partial charge in [-0.25, -0.2) is 4.39 Å². The second-order valence-electron chi connectivity index (χ2n) is 3.90. The summed E-state index contributed by atoms with van der Waals surface area (Å²) in [4.78, 5) is 14.7. The van der Waals surface area contributed by atoms with Crippen molar-refractivity contribution in [1.82, 2.24) is 9.80 Å². The van der Waals surface area contributed by atoms with E-state index in [1.807, 2.05) is 0 Å². The molecular formula is C9H15FN2O. The molecule has 3 nitrogen and oxygen atoms in total. The zero-order chi connectivity index (χ0) is 9.42. The lowest BCUT2D eigenvalue weighted by atomic mass is 10.1. The van der Waals surface area contributed by atoms with Gasteiger partial charge in [0.25, 0.3) is 0 Å². The largest absolute Gasteiger partial charge is 0.338 e. The fourth-order valence-corrected chi connectivity index (χ4v) is 2.02. The number of halogens is 1. The van der Waals surface area contributed by atoms with Gasteiger partial charge in [-0.05, 0) is 19.5 Å². The van der Waals surface area contributed by atoms with Crippen LogP contribution in [-0.4, -0.2) is 54.1 Å². The van der Waals surface area contributed by atoms with Crippen molar-refractivity contribution in [3.63, 3.8) is 0 Å². The third-order valence-corrected chi connectivity index (χ3v) is 3.02. The highest BCUT2D eigenvalue weighted by atomic mass is 19.1. The Hall–Kier alpha value is -0.640. The lowest BCUT2D eigenvalue weighted by Crippen LogP contribution is -2.49. The molecule has 0 bridgehead atoms. The Morgan fingerprint density at radius 2 is 2.08 bits per heavy atom. The standard InChI is InChI=1S/C9H15FN2O/c1-7(13)12-5-8(10)9(6-12)11-3-2-4-11/h8-9H,2-6H2,1H3. The molecular weight excluding hydrogens is 171 g/mol. The van der Waals surface area contributed by atoms with Crippen LogP contribution in [0.2, 0.25) is 0 Å². The van der Waals surface area contributed by atoms with Crippen molar-refractivity contribution < 1.29 is 9.18 Å². The molecule has 13 heavy (non-hydrogen) atoms. The Balaban J connectivity index is 1.94. The predicted octanol–water partition coefficient (Wildman–Crippen LogP) is 0.261. The average molecular weight is 186 g/mol. The highest BCUT2D eigenvalue weighted by Crippen LogP contribution is 2.23. The maximum Gasteiger partial charge on any atom is 0.219 e. The minimum Gasteiger partial charge on any atom is -0.338 e. The van der Waals surface area contributed by atoms with Gasteiger partial charge in [0, 0.05) is 13.5 Å². The van der Waals surface area contributed by atoms with E-state index >= 15 is 0 Å². The molecule has 0 spiro atoms. The number of nitrogens with zero attached hydrogens (tertiary/aromatic N) is 2. The molecule has 0 aromatic rings. The highest BCUT2D eigenvalue weighted by molar-refractivity contribution is 5.73. The fourth-order valence-electron chi connectivity index (χ4n) is 2.02. The number of hydrogen-bond donors (Lipinski definition) is 0. The first-order valence-corrected chi connectivity index (χ1v) is 4.82. The zero-order valence-corrected chi connectivity index (χ0v) is 7.87. The molecule has 2 fully saturated rings. The van der Waals surface area contributed by atoms with Crippen LogP contribution in [0.5, 0.6) is 0 Å². The van der Waals surface area contributed by atoms with Crippen molar-refractivity contribution in [2.24, 2.45) is 0 Å². The smallest absolute Gasteiger partial charge is 0.219 e. The van der Waals surface area contributed by atoms with E-state index in [0.717, 1.165) is 13.1 Å². The lowest BCUT2D eigenvalue weighted by molar-refractivity contribution is -0.128. The van der Waals surface area contributed by atoms with Crippen molar-refractivity contribution in [2.45, 2.75) is 25.6 Å². The van der Waals surface area contributed by atoms with E-state index in [1.54, 1.807) is 4.90 Å². The van der Waals surface area contributed by atoms with Crippen LogP contribution < -0.4 is 0 Å². The topological polar surface area (TPSA) is 23.6 Å². The predicted molar refractivity (Wildman–Crippen MR) is 47.1 cm³/mol. The number of likely N-dealkylation sites (tertiary alicyclic amines) is 2. The van der Waals surface area contributed by atoms with Crippen molar-refractivity contribution in [3.8, 4) is 0 Å². The van der Waals surface area contributed by atoms with Crippen LogP contribution in [0.1, 0.15) is 13.3 Å². The molecule has 2 heterocycles. The molecule has 0 aromatic carbocycles. The van der Waals surface area contributed by atoms with Crippen LogP contribution in [0.15, 0.2) is 0 Å². The van der Waals surface area contributed by atoms with Crippen LogP contribution in [0.25, 0.3) is 0 Å². The summed E-state index contributed by atoms with van der Waals surface area (Å²) in [6.07, 6.45) is 0.327. The molecule has 2 aliphatic heterocycles. The molecule has 0 saturated carbocycles. The first-order valence-electron chi connectivity index (χ1n) is 4.82. The molecule has 0 aliphatic carbocycles. The normalized spacial score (nSPS) is 34.8. The molecule has 0 aromatic heterocycles. The molecule has 0 N–H and O–H groups in total. The van der Waals surface area contributed by atoms with Gasteiger partial charge in [0.15, 0.2) is 0 Å². The minimum atomic E-state index is -0.843. The van der Waals surface area contributed by atoms with Crippen LogP contribution in [0, 0.1) is 0 Å². The van der Waals surface area contributed by atoms with Crippen LogP contribution >= 0.6 is 0 Å². The maximum atomic E-state index is 13.4. The number of carbonyl (C=O) groups is 1. The highest BCUT2D eigenvalue weighted by Gasteiger charge is 2.39. The molecule has 4 heteroatoms. The summed E-state index contributed by atoms with van der Waals surface area (Å²) in [6, 6.07) is -0.0300. The third kappa shape index (κ3) is 1.55. The number of alkyl halides is 1. The van der Waals surface area contributed by atoms with Crippen molar-refractivity contribution >= 4 is 5.91 Å². The zero-order valence-electron chi connectivity index (χ0n) is 7.87. The van der Waals surface area contributed by atoms with Crippen molar-refractivity contribution in [1.29, 1.82) is 0 Å². The molecule has 1 amide bonds.